The van der Waals surface area contributed by atoms with Gasteiger partial charge in [-0.3, -0.25) is 0 Å². The van der Waals surface area contributed by atoms with Crippen LogP contribution < -0.4 is 0 Å². The summed E-state index contributed by atoms with van der Waals surface area (Å²) < 4.78 is 6.28. The zero-order valence-electron chi connectivity index (χ0n) is 21.3. The van der Waals surface area contributed by atoms with Gasteiger partial charge < -0.3 is 9.84 Å². The highest BCUT2D eigenvalue weighted by molar-refractivity contribution is 5.26. The van der Waals surface area contributed by atoms with Crippen molar-refractivity contribution in [2.24, 2.45) is 57.7 Å². The molecule has 0 aromatic carbocycles. The van der Waals surface area contributed by atoms with Crippen molar-refractivity contribution in [3.8, 4) is 0 Å². The van der Waals surface area contributed by atoms with Crippen LogP contribution >= 0.6 is 0 Å². The minimum absolute atomic E-state index is 0.304. The Balaban J connectivity index is 1.40. The molecule has 0 unspecified atom stereocenters. The van der Waals surface area contributed by atoms with E-state index in [0.717, 1.165) is 23.7 Å². The molecule has 2 heteroatoms. The molecule has 5 aliphatic carbocycles. The molecule has 1 spiro atoms. The summed E-state index contributed by atoms with van der Waals surface area (Å²) in [5, 5.41) is 11.1. The van der Waals surface area contributed by atoms with Crippen LogP contribution in [-0.2, 0) is 4.74 Å². The predicted octanol–water partition coefficient (Wildman–Crippen LogP) is 6.87. The van der Waals surface area contributed by atoms with Crippen molar-refractivity contribution in [1.82, 2.24) is 0 Å². The maximum atomic E-state index is 11.1. The monoisotopic (exact) mass is 428 g/mol. The summed E-state index contributed by atoms with van der Waals surface area (Å²) in [5.74, 6) is 5.04. The van der Waals surface area contributed by atoms with Gasteiger partial charge in [-0.15, -0.1) is 0 Å². The first kappa shape index (κ1) is 22.5. The number of aliphatic hydroxyl groups excluding tert-OH is 1. The van der Waals surface area contributed by atoms with Crippen LogP contribution in [0.15, 0.2) is 11.6 Å². The Hall–Kier alpha value is -0.340. The molecule has 0 saturated heterocycles. The summed E-state index contributed by atoms with van der Waals surface area (Å²) in [6, 6.07) is 0. The van der Waals surface area contributed by atoms with E-state index in [1.54, 1.807) is 0 Å². The highest BCUT2D eigenvalue weighted by atomic mass is 16.5. The number of rotatable bonds is 5. The minimum Gasteiger partial charge on any atom is -0.389 e. The van der Waals surface area contributed by atoms with Gasteiger partial charge in [-0.1, -0.05) is 46.3 Å². The molecule has 0 amide bonds. The van der Waals surface area contributed by atoms with Crippen LogP contribution in [0.3, 0.4) is 0 Å². The van der Waals surface area contributed by atoms with Crippen molar-refractivity contribution < 1.29 is 9.84 Å². The molecule has 11 atom stereocenters. The number of hydrogen-bond acceptors (Lipinski definition) is 2. The van der Waals surface area contributed by atoms with Crippen LogP contribution in [0.25, 0.3) is 0 Å². The molecule has 0 aliphatic heterocycles. The molecule has 1 N–H and O–H groups in total. The molecular formula is C29H48O2. The molecule has 0 aromatic heterocycles. The minimum atomic E-state index is -0.304. The summed E-state index contributed by atoms with van der Waals surface area (Å²) in [5.41, 5.74) is 2.76. The van der Waals surface area contributed by atoms with Gasteiger partial charge in [-0.25, -0.2) is 0 Å². The molecule has 31 heavy (non-hydrogen) atoms. The Morgan fingerprint density at radius 1 is 1.03 bits per heavy atom. The quantitative estimate of drug-likeness (QED) is 0.484. The SMILES string of the molecule is CO[C@@H]1C[C@H]2[C@@H]3CC[C@H]([C@H](C)[C@@H](O)/C=C(\C)C(C)C)[C@@]3(C)CC[C@@H]2[C@@]2(C)CC[C@@H]3C[C@]312. The maximum absolute atomic E-state index is 11.1. The van der Waals surface area contributed by atoms with E-state index in [4.69, 9.17) is 4.74 Å². The van der Waals surface area contributed by atoms with Crippen molar-refractivity contribution in [3.05, 3.63) is 11.6 Å². The average Bonchev–Trinajstić information content (AvgIpc) is 3.24. The van der Waals surface area contributed by atoms with Crippen LogP contribution in [0.4, 0.5) is 0 Å². The first-order valence-corrected chi connectivity index (χ1v) is 13.5. The normalized spacial score (nSPS) is 52.9. The lowest BCUT2D eigenvalue weighted by Crippen LogP contribution is -2.57. The van der Waals surface area contributed by atoms with Gasteiger partial charge in [0, 0.05) is 12.5 Å². The molecule has 5 rings (SSSR count). The Kier molecular flexibility index (Phi) is 5.31. The third kappa shape index (κ3) is 2.89. The molecule has 5 fully saturated rings. The Morgan fingerprint density at radius 2 is 1.77 bits per heavy atom. The molecule has 5 aliphatic rings. The van der Waals surface area contributed by atoms with Gasteiger partial charge in [0.25, 0.3) is 0 Å². The number of hydrogen-bond donors (Lipinski definition) is 1. The van der Waals surface area contributed by atoms with Gasteiger partial charge in [0.15, 0.2) is 0 Å². The Bertz CT molecular complexity index is 741. The van der Waals surface area contributed by atoms with Gasteiger partial charge in [0.05, 0.1) is 12.2 Å². The van der Waals surface area contributed by atoms with E-state index < -0.39 is 0 Å². The van der Waals surface area contributed by atoms with E-state index in [9.17, 15) is 5.11 Å². The first-order chi connectivity index (χ1) is 14.6. The fraction of sp³-hybridized carbons (Fsp3) is 0.931. The zero-order chi connectivity index (χ0) is 22.3. The molecule has 0 heterocycles. The van der Waals surface area contributed by atoms with Gasteiger partial charge >= 0.3 is 0 Å². The summed E-state index contributed by atoms with van der Waals surface area (Å²) in [7, 11) is 2.00. The van der Waals surface area contributed by atoms with Gasteiger partial charge in [0.1, 0.15) is 0 Å². The van der Waals surface area contributed by atoms with Crippen LogP contribution in [0.1, 0.15) is 92.9 Å². The lowest BCUT2D eigenvalue weighted by atomic mass is 9.45. The van der Waals surface area contributed by atoms with E-state index >= 15 is 0 Å². The summed E-state index contributed by atoms with van der Waals surface area (Å²) in [6.45, 7) is 14.3. The second-order valence-corrected chi connectivity index (χ2v) is 13.4. The van der Waals surface area contributed by atoms with E-state index in [0.29, 0.717) is 40.1 Å². The predicted molar refractivity (Wildman–Crippen MR) is 128 cm³/mol. The van der Waals surface area contributed by atoms with Gasteiger partial charge in [-0.2, -0.15) is 0 Å². The molecule has 2 nitrogen and oxygen atoms in total. The molecular weight excluding hydrogens is 380 g/mol. The molecule has 0 bridgehead atoms. The van der Waals surface area contributed by atoms with Gasteiger partial charge in [0.2, 0.25) is 0 Å². The van der Waals surface area contributed by atoms with E-state index in [-0.39, 0.29) is 6.10 Å². The lowest BCUT2D eigenvalue weighted by molar-refractivity contribution is -0.162. The third-order valence-corrected chi connectivity index (χ3v) is 12.4. The van der Waals surface area contributed by atoms with Crippen molar-refractivity contribution in [3.63, 3.8) is 0 Å². The van der Waals surface area contributed by atoms with Crippen LogP contribution in [0, 0.1) is 57.7 Å². The Labute approximate surface area is 191 Å². The van der Waals surface area contributed by atoms with Gasteiger partial charge in [-0.05, 0) is 111 Å². The second kappa shape index (κ2) is 7.33. The van der Waals surface area contributed by atoms with E-state index in [1.165, 1.54) is 56.9 Å². The summed E-state index contributed by atoms with van der Waals surface area (Å²) in [6.07, 6.45) is 13.5. The molecule has 176 valence electrons. The number of ether oxygens (including phenoxy) is 1. The number of methoxy groups -OCH3 is 1. The average molecular weight is 429 g/mol. The standard InChI is InChI=1S/C29H48O2/c1-17(2)18(3)14-25(30)19(4)22-8-9-23-21-15-26(31-7)29-16-20(29)10-13-28(29,6)24(21)11-12-27(22,23)5/h14,17,19-26,30H,8-13,15-16H2,1-7H3/b18-14+/t19-,20+,21-,22+,23-,24-,25-,26+,27+,28+,29-/m0/s1. The number of aliphatic hydroxyl groups is 1. The second-order valence-electron chi connectivity index (χ2n) is 13.4. The highest BCUT2D eigenvalue weighted by Crippen LogP contribution is 2.82. The number of fused-ring (bicyclic) bond motifs is 4. The first-order valence-electron chi connectivity index (χ1n) is 13.5. The molecule has 0 radical (unpaired) electrons. The smallest absolute Gasteiger partial charge is 0.0751 e. The van der Waals surface area contributed by atoms with Crippen LogP contribution in [0.5, 0.6) is 0 Å². The van der Waals surface area contributed by atoms with Crippen molar-refractivity contribution >= 4 is 0 Å². The summed E-state index contributed by atoms with van der Waals surface area (Å²) in [4.78, 5) is 0. The summed E-state index contributed by atoms with van der Waals surface area (Å²) >= 11 is 0. The topological polar surface area (TPSA) is 29.5 Å². The van der Waals surface area contributed by atoms with Crippen LogP contribution in [0.2, 0.25) is 0 Å². The highest BCUT2D eigenvalue weighted by Gasteiger charge is 2.77. The number of allylic oxidation sites excluding steroid dienone is 1. The fourth-order valence-electron chi connectivity index (χ4n) is 10.3. The van der Waals surface area contributed by atoms with Crippen molar-refractivity contribution in [1.29, 1.82) is 0 Å². The third-order valence-electron chi connectivity index (χ3n) is 12.4. The molecule has 5 saturated carbocycles. The van der Waals surface area contributed by atoms with E-state index in [2.05, 4.69) is 47.6 Å². The van der Waals surface area contributed by atoms with Crippen LogP contribution in [-0.4, -0.2) is 24.4 Å². The van der Waals surface area contributed by atoms with E-state index in [1.807, 2.05) is 7.11 Å². The largest absolute Gasteiger partial charge is 0.389 e. The van der Waals surface area contributed by atoms with Crippen molar-refractivity contribution in [2.75, 3.05) is 7.11 Å². The lowest BCUT2D eigenvalue weighted by Gasteiger charge is -2.61. The Morgan fingerprint density at radius 3 is 2.42 bits per heavy atom. The maximum Gasteiger partial charge on any atom is 0.0751 e. The zero-order valence-corrected chi connectivity index (χ0v) is 21.3. The van der Waals surface area contributed by atoms with Crippen molar-refractivity contribution in [2.45, 2.75) is 105 Å². The fourth-order valence-corrected chi connectivity index (χ4v) is 10.3. The molecule has 0 aromatic rings.